The Bertz CT molecular complexity index is 1150. The van der Waals surface area contributed by atoms with Crippen LogP contribution in [0.25, 0.3) is 0 Å². The van der Waals surface area contributed by atoms with Crippen LogP contribution in [-0.2, 0) is 4.79 Å². The summed E-state index contributed by atoms with van der Waals surface area (Å²) >= 11 is 9.24. The molecule has 8 heteroatoms. The van der Waals surface area contributed by atoms with E-state index in [1.165, 1.54) is 11.8 Å². The Morgan fingerprint density at radius 1 is 1.06 bits per heavy atom. The lowest BCUT2D eigenvalue weighted by atomic mass is 10.0. The van der Waals surface area contributed by atoms with Crippen molar-refractivity contribution in [3.8, 4) is 11.5 Å². The van der Waals surface area contributed by atoms with Crippen LogP contribution in [0, 0.1) is 0 Å². The summed E-state index contributed by atoms with van der Waals surface area (Å²) in [7, 11) is 0. The molecule has 1 amide bonds. The van der Waals surface area contributed by atoms with E-state index in [0.29, 0.717) is 27.8 Å². The molecule has 0 aliphatic carbocycles. The topological polar surface area (TPSA) is 77.0 Å². The number of amides is 1. The summed E-state index contributed by atoms with van der Waals surface area (Å²) in [4.78, 5) is 24.5. The number of ether oxygens (including phenoxy) is 2. The second kappa shape index (κ2) is 11.6. The molecule has 0 bridgehead atoms. The van der Waals surface area contributed by atoms with E-state index in [2.05, 4.69) is 40.3 Å². The fraction of sp³-hybridized carbons (Fsp3) is 0.160. The molecule has 1 N–H and O–H groups in total. The quantitative estimate of drug-likeness (QED) is 0.169. The van der Waals surface area contributed by atoms with Crippen molar-refractivity contribution in [1.29, 1.82) is 0 Å². The van der Waals surface area contributed by atoms with Gasteiger partial charge in [0, 0.05) is 15.1 Å². The van der Waals surface area contributed by atoms with Crippen molar-refractivity contribution in [2.24, 2.45) is 5.10 Å². The highest BCUT2D eigenvalue weighted by molar-refractivity contribution is 9.10. The van der Waals surface area contributed by atoms with E-state index in [1.54, 1.807) is 42.5 Å². The molecule has 3 rings (SSSR count). The number of hydrogen-bond donors (Lipinski definition) is 1. The maximum Gasteiger partial charge on any atom is 0.343 e. The Kier molecular flexibility index (Phi) is 8.63. The maximum atomic E-state index is 12.4. The predicted molar refractivity (Wildman–Crippen MR) is 132 cm³/mol. The fourth-order valence-electron chi connectivity index (χ4n) is 2.76. The summed E-state index contributed by atoms with van der Waals surface area (Å²) in [6.07, 6.45) is 1.39. The van der Waals surface area contributed by atoms with E-state index in [4.69, 9.17) is 21.1 Å². The summed E-state index contributed by atoms with van der Waals surface area (Å²) in [5, 5.41) is 4.47. The lowest BCUT2D eigenvalue weighted by molar-refractivity contribution is -0.123. The highest BCUT2D eigenvalue weighted by Gasteiger charge is 2.12. The first-order valence-electron chi connectivity index (χ1n) is 10.1. The number of halogens is 2. The first kappa shape index (κ1) is 24.5. The average molecular weight is 530 g/mol. The average Bonchev–Trinajstić information content (AvgIpc) is 2.80. The molecule has 3 aromatic rings. The zero-order valence-corrected chi connectivity index (χ0v) is 20.4. The minimum absolute atomic E-state index is 0.185. The monoisotopic (exact) mass is 528 g/mol. The number of carbonyl (C=O) groups is 2. The lowest BCUT2D eigenvalue weighted by Crippen LogP contribution is -2.24. The Morgan fingerprint density at radius 2 is 1.76 bits per heavy atom. The summed E-state index contributed by atoms with van der Waals surface area (Å²) in [6.45, 7) is 4.03. The SMILES string of the molecule is CC(C)c1ccc(OCC(=O)N/N=C/c2cc(Br)ccc2OC(=O)c2ccc(Cl)cc2)cc1. The van der Waals surface area contributed by atoms with E-state index in [9.17, 15) is 9.59 Å². The highest BCUT2D eigenvalue weighted by Crippen LogP contribution is 2.23. The molecule has 0 saturated heterocycles. The molecule has 0 radical (unpaired) electrons. The van der Waals surface area contributed by atoms with E-state index in [-0.39, 0.29) is 12.4 Å². The Morgan fingerprint density at radius 3 is 2.42 bits per heavy atom. The van der Waals surface area contributed by atoms with Crippen molar-refractivity contribution in [3.05, 3.63) is 92.9 Å². The van der Waals surface area contributed by atoms with Crippen LogP contribution in [0.5, 0.6) is 11.5 Å². The van der Waals surface area contributed by atoms with E-state index < -0.39 is 11.9 Å². The van der Waals surface area contributed by atoms with Crippen molar-refractivity contribution < 1.29 is 19.1 Å². The molecular formula is C25H22BrClN2O4. The van der Waals surface area contributed by atoms with Crippen LogP contribution >= 0.6 is 27.5 Å². The molecule has 6 nitrogen and oxygen atoms in total. The molecule has 0 unspecified atom stereocenters. The molecule has 0 aliphatic rings. The van der Waals surface area contributed by atoms with E-state index >= 15 is 0 Å². The largest absolute Gasteiger partial charge is 0.484 e. The van der Waals surface area contributed by atoms with Gasteiger partial charge in [0.25, 0.3) is 5.91 Å². The highest BCUT2D eigenvalue weighted by atomic mass is 79.9. The molecule has 0 aliphatic heterocycles. The molecule has 0 atom stereocenters. The summed E-state index contributed by atoms with van der Waals surface area (Å²) in [6, 6.07) is 19.0. The number of carbonyl (C=O) groups excluding carboxylic acids is 2. The van der Waals surface area contributed by atoms with Gasteiger partial charge in [-0.05, 0) is 66.1 Å². The van der Waals surface area contributed by atoms with Gasteiger partial charge in [0.15, 0.2) is 6.61 Å². The van der Waals surface area contributed by atoms with Gasteiger partial charge in [-0.25, -0.2) is 10.2 Å². The van der Waals surface area contributed by atoms with Gasteiger partial charge < -0.3 is 9.47 Å². The summed E-state index contributed by atoms with van der Waals surface area (Å²) in [5.41, 5.74) is 4.45. The molecule has 3 aromatic carbocycles. The Balaban J connectivity index is 1.58. The minimum atomic E-state index is -0.537. The third-order valence-electron chi connectivity index (χ3n) is 4.56. The van der Waals surface area contributed by atoms with Crippen molar-refractivity contribution in [2.45, 2.75) is 19.8 Å². The van der Waals surface area contributed by atoms with Gasteiger partial charge in [0.1, 0.15) is 11.5 Å². The minimum Gasteiger partial charge on any atom is -0.484 e. The van der Waals surface area contributed by atoms with Crippen LogP contribution in [0.2, 0.25) is 5.02 Å². The molecular weight excluding hydrogens is 508 g/mol. The van der Waals surface area contributed by atoms with Crippen molar-refractivity contribution in [3.63, 3.8) is 0 Å². The second-order valence-electron chi connectivity index (χ2n) is 7.38. The fourth-order valence-corrected chi connectivity index (χ4v) is 3.27. The maximum absolute atomic E-state index is 12.4. The van der Waals surface area contributed by atoms with Gasteiger partial charge in [-0.1, -0.05) is 53.5 Å². The van der Waals surface area contributed by atoms with E-state index in [1.807, 2.05) is 24.3 Å². The molecule has 0 saturated carbocycles. The van der Waals surface area contributed by atoms with Crippen LogP contribution in [0.4, 0.5) is 0 Å². The van der Waals surface area contributed by atoms with Gasteiger partial charge in [0.05, 0.1) is 11.8 Å². The van der Waals surface area contributed by atoms with Gasteiger partial charge in [0.2, 0.25) is 0 Å². The Labute approximate surface area is 205 Å². The van der Waals surface area contributed by atoms with Crippen molar-refractivity contribution >= 4 is 45.6 Å². The number of hydrazone groups is 1. The van der Waals surface area contributed by atoms with Gasteiger partial charge in [-0.2, -0.15) is 5.10 Å². The van der Waals surface area contributed by atoms with Crippen LogP contribution in [0.1, 0.15) is 41.3 Å². The molecule has 170 valence electrons. The van der Waals surface area contributed by atoms with Crippen LogP contribution in [-0.4, -0.2) is 24.7 Å². The number of hydrogen-bond acceptors (Lipinski definition) is 5. The Hall–Kier alpha value is -3.16. The van der Waals surface area contributed by atoms with Crippen LogP contribution in [0.3, 0.4) is 0 Å². The zero-order valence-electron chi connectivity index (χ0n) is 18.0. The van der Waals surface area contributed by atoms with Gasteiger partial charge >= 0.3 is 5.97 Å². The van der Waals surface area contributed by atoms with Crippen LogP contribution < -0.4 is 14.9 Å². The normalized spacial score (nSPS) is 10.9. The number of benzene rings is 3. The second-order valence-corrected chi connectivity index (χ2v) is 8.74. The van der Waals surface area contributed by atoms with E-state index in [0.717, 1.165) is 4.47 Å². The van der Waals surface area contributed by atoms with Crippen molar-refractivity contribution in [2.75, 3.05) is 6.61 Å². The smallest absolute Gasteiger partial charge is 0.343 e. The standard InChI is InChI=1S/C25H22BrClN2O4/c1-16(2)17-5-10-22(11-6-17)32-15-24(30)29-28-14-19-13-20(26)7-12-23(19)33-25(31)18-3-8-21(27)9-4-18/h3-14,16H,15H2,1-2H3,(H,29,30)/b28-14+. The third-order valence-corrected chi connectivity index (χ3v) is 5.31. The number of rotatable bonds is 8. The van der Waals surface area contributed by atoms with Gasteiger partial charge in [-0.15, -0.1) is 0 Å². The molecule has 0 fully saturated rings. The third kappa shape index (κ3) is 7.44. The summed E-state index contributed by atoms with van der Waals surface area (Å²) in [5.74, 6) is 0.350. The predicted octanol–water partition coefficient (Wildman–Crippen LogP) is 5.97. The first-order chi connectivity index (χ1) is 15.8. The van der Waals surface area contributed by atoms with Crippen molar-refractivity contribution in [1.82, 2.24) is 5.43 Å². The molecule has 0 aromatic heterocycles. The van der Waals surface area contributed by atoms with Gasteiger partial charge in [-0.3, -0.25) is 4.79 Å². The lowest BCUT2D eigenvalue weighted by Gasteiger charge is -2.09. The van der Waals surface area contributed by atoms with Crippen LogP contribution in [0.15, 0.2) is 76.3 Å². The number of nitrogens with one attached hydrogen (secondary N) is 1. The number of nitrogens with zero attached hydrogens (tertiary/aromatic N) is 1. The molecule has 0 spiro atoms. The molecule has 33 heavy (non-hydrogen) atoms. The first-order valence-corrected chi connectivity index (χ1v) is 11.3. The number of esters is 1. The summed E-state index contributed by atoms with van der Waals surface area (Å²) < 4.78 is 11.7. The molecule has 0 heterocycles. The zero-order chi connectivity index (χ0) is 23.8.